The van der Waals surface area contributed by atoms with Gasteiger partial charge in [0.1, 0.15) is 0 Å². The molecule has 1 aliphatic rings. The van der Waals surface area contributed by atoms with Gasteiger partial charge in [0.25, 0.3) is 0 Å². The quantitative estimate of drug-likeness (QED) is 0.624. The predicted octanol–water partition coefficient (Wildman–Crippen LogP) is 2.52. The van der Waals surface area contributed by atoms with Gasteiger partial charge in [0, 0.05) is 25.0 Å². The van der Waals surface area contributed by atoms with Gasteiger partial charge in [-0.25, -0.2) is 14.3 Å². The number of methoxy groups -OCH3 is 1. The Bertz CT molecular complexity index is 1040. The molecule has 3 aromatic rings. The molecule has 30 heavy (non-hydrogen) atoms. The van der Waals surface area contributed by atoms with Crippen molar-refractivity contribution in [2.75, 3.05) is 38.3 Å². The predicted molar refractivity (Wildman–Crippen MR) is 111 cm³/mol. The first-order valence-corrected chi connectivity index (χ1v) is 9.89. The normalized spacial score (nSPS) is 14.3. The van der Waals surface area contributed by atoms with Crippen molar-refractivity contribution >= 4 is 22.8 Å². The van der Waals surface area contributed by atoms with Crippen LogP contribution in [0.5, 0.6) is 6.01 Å². The van der Waals surface area contributed by atoms with E-state index in [-0.39, 0.29) is 6.01 Å². The van der Waals surface area contributed by atoms with Crippen LogP contribution in [0.15, 0.2) is 30.5 Å². The van der Waals surface area contributed by atoms with Crippen LogP contribution in [-0.2, 0) is 17.6 Å². The minimum Gasteiger partial charge on any atom is -0.468 e. The number of hydrogen-bond acceptors (Lipinski definition) is 6. The molecule has 1 amide bonds. The number of morpholine rings is 1. The van der Waals surface area contributed by atoms with Crippen LogP contribution in [0.2, 0.25) is 0 Å². The third-order valence-corrected chi connectivity index (χ3v) is 5.27. The van der Waals surface area contributed by atoms with Crippen LogP contribution in [0.1, 0.15) is 17.5 Å². The highest BCUT2D eigenvalue weighted by atomic mass is 19.1. The maximum Gasteiger partial charge on any atom is 0.327 e. The lowest BCUT2D eigenvalue weighted by Crippen LogP contribution is -2.36. The summed E-state index contributed by atoms with van der Waals surface area (Å²) in [6.07, 6.45) is 3.86. The Balaban J connectivity index is 1.68. The molecule has 0 radical (unpaired) electrons. The summed E-state index contributed by atoms with van der Waals surface area (Å²) in [6, 6.07) is 6.67. The van der Waals surface area contributed by atoms with E-state index in [0.29, 0.717) is 24.2 Å². The standard InChI is InChI=1S/C21H24FN5O3/c1-29-21-25-19-15(4-2-3-14-5-6-18(22)24-13-14)11-16(26-7-9-30-10-8-26)12-17(19)27(21)20(23)28/h5-6,11-13H,2-4,7-10H2,1H3,(H2,23,28). The minimum absolute atomic E-state index is 0.167. The number of nitrogens with two attached hydrogens (primary N) is 1. The molecule has 1 saturated heterocycles. The Morgan fingerprint density at radius 2 is 2.07 bits per heavy atom. The lowest BCUT2D eigenvalue weighted by Gasteiger charge is -2.29. The molecule has 3 heterocycles. The van der Waals surface area contributed by atoms with Gasteiger partial charge in [-0.15, -0.1) is 0 Å². The maximum atomic E-state index is 13.0. The van der Waals surface area contributed by atoms with Crippen LogP contribution >= 0.6 is 0 Å². The van der Waals surface area contributed by atoms with Gasteiger partial charge in [-0.2, -0.15) is 9.37 Å². The lowest BCUT2D eigenvalue weighted by molar-refractivity contribution is 0.122. The van der Waals surface area contributed by atoms with Gasteiger partial charge in [-0.05, 0) is 48.6 Å². The minimum atomic E-state index is -0.642. The summed E-state index contributed by atoms with van der Waals surface area (Å²) in [5, 5.41) is 0. The number of anilines is 1. The zero-order chi connectivity index (χ0) is 21.1. The third-order valence-electron chi connectivity index (χ3n) is 5.27. The van der Waals surface area contributed by atoms with E-state index in [0.717, 1.165) is 49.2 Å². The average Bonchev–Trinajstić information content (AvgIpc) is 3.15. The molecule has 1 aliphatic heterocycles. The molecular formula is C21H24FN5O3. The first kappa shape index (κ1) is 20.1. The molecule has 2 N–H and O–H groups in total. The Morgan fingerprint density at radius 1 is 1.27 bits per heavy atom. The monoisotopic (exact) mass is 413 g/mol. The number of benzene rings is 1. The molecule has 0 aliphatic carbocycles. The van der Waals surface area contributed by atoms with Crippen molar-refractivity contribution in [2.24, 2.45) is 5.73 Å². The Labute approximate surface area is 173 Å². The van der Waals surface area contributed by atoms with Gasteiger partial charge < -0.3 is 20.1 Å². The highest BCUT2D eigenvalue weighted by Crippen LogP contribution is 2.31. The summed E-state index contributed by atoms with van der Waals surface area (Å²) in [7, 11) is 1.46. The summed E-state index contributed by atoms with van der Waals surface area (Å²) in [4.78, 5) is 22.5. The van der Waals surface area contributed by atoms with Gasteiger partial charge in [0.2, 0.25) is 5.95 Å². The molecule has 8 nitrogen and oxygen atoms in total. The summed E-state index contributed by atoms with van der Waals surface area (Å²) in [5.74, 6) is -0.484. The molecule has 1 aromatic carbocycles. The van der Waals surface area contributed by atoms with Crippen molar-refractivity contribution in [1.29, 1.82) is 0 Å². The second-order valence-corrected chi connectivity index (χ2v) is 7.19. The molecule has 2 aromatic heterocycles. The number of aromatic nitrogens is 3. The number of aryl methyl sites for hydroxylation is 2. The number of halogens is 1. The molecule has 0 saturated carbocycles. The molecule has 0 bridgehead atoms. The van der Waals surface area contributed by atoms with Gasteiger partial charge in [-0.3, -0.25) is 0 Å². The van der Waals surface area contributed by atoms with E-state index in [4.69, 9.17) is 15.2 Å². The van der Waals surface area contributed by atoms with Gasteiger partial charge in [0.05, 0.1) is 31.4 Å². The van der Waals surface area contributed by atoms with E-state index >= 15 is 0 Å². The molecule has 158 valence electrons. The van der Waals surface area contributed by atoms with Gasteiger partial charge >= 0.3 is 12.0 Å². The zero-order valence-electron chi connectivity index (χ0n) is 16.8. The van der Waals surface area contributed by atoms with E-state index in [9.17, 15) is 9.18 Å². The van der Waals surface area contributed by atoms with Crippen LogP contribution in [0.25, 0.3) is 11.0 Å². The molecular weight excluding hydrogens is 389 g/mol. The van der Waals surface area contributed by atoms with Crippen molar-refractivity contribution in [3.8, 4) is 6.01 Å². The fourth-order valence-corrected chi connectivity index (χ4v) is 3.79. The van der Waals surface area contributed by atoms with Crippen LogP contribution in [0, 0.1) is 5.95 Å². The smallest absolute Gasteiger partial charge is 0.327 e. The zero-order valence-corrected chi connectivity index (χ0v) is 16.8. The number of hydrogen-bond donors (Lipinski definition) is 1. The van der Waals surface area contributed by atoms with Crippen LogP contribution in [-0.4, -0.2) is 54.0 Å². The molecule has 0 atom stereocenters. The molecule has 4 rings (SSSR count). The molecule has 9 heteroatoms. The fourth-order valence-electron chi connectivity index (χ4n) is 3.79. The summed E-state index contributed by atoms with van der Waals surface area (Å²) in [6.45, 7) is 2.86. The largest absolute Gasteiger partial charge is 0.468 e. The van der Waals surface area contributed by atoms with Crippen molar-refractivity contribution in [3.05, 3.63) is 47.5 Å². The second-order valence-electron chi connectivity index (χ2n) is 7.19. The summed E-state index contributed by atoms with van der Waals surface area (Å²) in [5.41, 5.74) is 9.89. The van der Waals surface area contributed by atoms with Crippen molar-refractivity contribution in [3.63, 3.8) is 0 Å². The molecule has 0 unspecified atom stereocenters. The van der Waals surface area contributed by atoms with Crippen LogP contribution in [0.4, 0.5) is 14.9 Å². The Kier molecular flexibility index (Phi) is 5.80. The Morgan fingerprint density at radius 3 is 2.73 bits per heavy atom. The lowest BCUT2D eigenvalue weighted by atomic mass is 10.0. The number of primary amides is 1. The maximum absolute atomic E-state index is 13.0. The number of rotatable bonds is 6. The highest BCUT2D eigenvalue weighted by molar-refractivity contribution is 5.93. The highest BCUT2D eigenvalue weighted by Gasteiger charge is 2.21. The first-order chi connectivity index (χ1) is 14.6. The number of carbonyl (C=O) groups excluding carboxylic acids is 1. The number of amides is 1. The van der Waals surface area contributed by atoms with E-state index in [2.05, 4.69) is 20.9 Å². The van der Waals surface area contributed by atoms with Crippen LogP contribution in [0.3, 0.4) is 0 Å². The summed E-state index contributed by atoms with van der Waals surface area (Å²) >= 11 is 0. The number of carbonyl (C=O) groups is 1. The van der Waals surface area contributed by atoms with Crippen molar-refractivity contribution < 1.29 is 18.7 Å². The van der Waals surface area contributed by atoms with Crippen molar-refractivity contribution in [2.45, 2.75) is 19.3 Å². The average molecular weight is 413 g/mol. The van der Waals surface area contributed by atoms with Gasteiger partial charge in [-0.1, -0.05) is 6.07 Å². The second kappa shape index (κ2) is 8.66. The van der Waals surface area contributed by atoms with E-state index < -0.39 is 12.0 Å². The number of nitrogens with zero attached hydrogens (tertiary/aromatic N) is 4. The van der Waals surface area contributed by atoms with Gasteiger partial charge in [0.15, 0.2) is 0 Å². The first-order valence-electron chi connectivity index (χ1n) is 9.89. The number of fused-ring (bicyclic) bond motifs is 1. The van der Waals surface area contributed by atoms with Crippen LogP contribution < -0.4 is 15.4 Å². The number of imidazole rings is 1. The third kappa shape index (κ3) is 4.06. The topological polar surface area (TPSA) is 95.5 Å². The molecule has 1 fully saturated rings. The van der Waals surface area contributed by atoms with E-state index in [1.807, 2.05) is 6.07 Å². The van der Waals surface area contributed by atoms with Crippen molar-refractivity contribution in [1.82, 2.24) is 14.5 Å². The van der Waals surface area contributed by atoms with E-state index in [1.54, 1.807) is 12.3 Å². The SMILES string of the molecule is COc1nc2c(CCCc3ccc(F)nc3)cc(N3CCOCC3)cc2n1C(N)=O. The Hall–Kier alpha value is -3.20. The number of ether oxygens (including phenoxy) is 2. The van der Waals surface area contributed by atoms with E-state index in [1.165, 1.54) is 17.7 Å². The molecule has 0 spiro atoms. The fraction of sp³-hybridized carbons (Fsp3) is 0.381. The number of pyridine rings is 1. The summed E-state index contributed by atoms with van der Waals surface area (Å²) < 4.78 is 25.1.